The van der Waals surface area contributed by atoms with Crippen molar-refractivity contribution >= 4 is 32.8 Å². The maximum Gasteiger partial charge on any atom is 0.235 e. The van der Waals surface area contributed by atoms with E-state index in [1.165, 1.54) is 0 Å². The lowest BCUT2D eigenvalue weighted by Crippen LogP contribution is -2.48. The molecule has 2 fully saturated rings. The molecule has 0 aliphatic heterocycles. The SMILES string of the molecule is Cc1c(CC(=O)NC2(CNC(=O)CNS(=O)(=O)C3CC3)CC2)oc2ccccc12. The zero-order valence-electron chi connectivity index (χ0n) is 16.3. The Labute approximate surface area is 169 Å². The maximum atomic E-state index is 12.5. The van der Waals surface area contributed by atoms with Gasteiger partial charge in [0.2, 0.25) is 21.8 Å². The van der Waals surface area contributed by atoms with Gasteiger partial charge in [0, 0.05) is 11.9 Å². The fourth-order valence-corrected chi connectivity index (χ4v) is 4.69. The van der Waals surface area contributed by atoms with Gasteiger partial charge in [-0.2, -0.15) is 0 Å². The Hall–Kier alpha value is -2.39. The average Bonchev–Trinajstić information content (AvgIpc) is 3.60. The van der Waals surface area contributed by atoms with Gasteiger partial charge in [-0.25, -0.2) is 13.1 Å². The second-order valence-electron chi connectivity index (χ2n) is 7.99. The number of para-hydroxylation sites is 1. The molecule has 2 aromatic rings. The van der Waals surface area contributed by atoms with Crippen LogP contribution in [0.15, 0.2) is 28.7 Å². The lowest BCUT2D eigenvalue weighted by atomic mass is 10.1. The van der Waals surface area contributed by atoms with Gasteiger partial charge in [0.15, 0.2) is 0 Å². The van der Waals surface area contributed by atoms with Gasteiger partial charge >= 0.3 is 0 Å². The van der Waals surface area contributed by atoms with Gasteiger partial charge in [-0.1, -0.05) is 18.2 Å². The highest BCUT2D eigenvalue weighted by Gasteiger charge is 2.44. The summed E-state index contributed by atoms with van der Waals surface area (Å²) in [6.07, 6.45) is 2.98. The summed E-state index contributed by atoms with van der Waals surface area (Å²) >= 11 is 0. The quantitative estimate of drug-likeness (QED) is 0.563. The Kier molecular flexibility index (Phi) is 5.12. The predicted molar refractivity (Wildman–Crippen MR) is 108 cm³/mol. The van der Waals surface area contributed by atoms with Crippen molar-refractivity contribution in [1.29, 1.82) is 0 Å². The molecule has 0 atom stereocenters. The van der Waals surface area contributed by atoms with Crippen LogP contribution in [0.3, 0.4) is 0 Å². The summed E-state index contributed by atoms with van der Waals surface area (Å²) in [7, 11) is -3.38. The molecule has 3 N–H and O–H groups in total. The van der Waals surface area contributed by atoms with Crippen LogP contribution in [0.4, 0.5) is 0 Å². The Morgan fingerprint density at radius 1 is 1.17 bits per heavy atom. The molecule has 156 valence electrons. The standard InChI is InChI=1S/C20H25N3O5S/c1-13-15-4-2-3-5-16(15)28-17(13)10-18(24)23-20(8-9-20)12-21-19(25)11-22-29(26,27)14-6-7-14/h2-5,14,22H,6-12H2,1H3,(H,21,25)(H,23,24). The zero-order valence-corrected chi connectivity index (χ0v) is 17.1. The van der Waals surface area contributed by atoms with Crippen molar-refractivity contribution < 1.29 is 22.4 Å². The van der Waals surface area contributed by atoms with Gasteiger partial charge in [-0.05, 0) is 44.2 Å². The van der Waals surface area contributed by atoms with Crippen molar-refractivity contribution in [3.05, 3.63) is 35.6 Å². The minimum Gasteiger partial charge on any atom is -0.460 e. The molecular formula is C20H25N3O5S. The first-order valence-electron chi connectivity index (χ1n) is 9.81. The van der Waals surface area contributed by atoms with Crippen LogP contribution in [-0.4, -0.2) is 44.1 Å². The summed E-state index contributed by atoms with van der Waals surface area (Å²) in [6, 6.07) is 7.66. The highest BCUT2D eigenvalue weighted by molar-refractivity contribution is 7.90. The van der Waals surface area contributed by atoms with Gasteiger partial charge in [-0.3, -0.25) is 9.59 Å². The third-order valence-corrected chi connectivity index (χ3v) is 7.44. The summed E-state index contributed by atoms with van der Waals surface area (Å²) in [6.45, 7) is 1.94. The molecule has 29 heavy (non-hydrogen) atoms. The number of benzene rings is 1. The molecule has 1 aromatic carbocycles. The topological polar surface area (TPSA) is 118 Å². The Morgan fingerprint density at radius 2 is 1.90 bits per heavy atom. The molecule has 9 heteroatoms. The van der Waals surface area contributed by atoms with Crippen molar-refractivity contribution in [1.82, 2.24) is 15.4 Å². The molecule has 2 amide bonds. The second-order valence-corrected chi connectivity index (χ2v) is 10.0. The lowest BCUT2D eigenvalue weighted by Gasteiger charge is -2.18. The third-order valence-electron chi connectivity index (χ3n) is 5.54. The van der Waals surface area contributed by atoms with E-state index in [-0.39, 0.29) is 30.7 Å². The molecule has 2 aliphatic carbocycles. The van der Waals surface area contributed by atoms with Crippen LogP contribution >= 0.6 is 0 Å². The van der Waals surface area contributed by atoms with Gasteiger partial charge in [0.05, 0.1) is 23.8 Å². The number of aryl methyl sites for hydroxylation is 1. The first-order valence-corrected chi connectivity index (χ1v) is 11.4. The maximum absolute atomic E-state index is 12.5. The highest BCUT2D eigenvalue weighted by atomic mass is 32.2. The van der Waals surface area contributed by atoms with E-state index in [9.17, 15) is 18.0 Å². The normalized spacial score (nSPS) is 17.8. The predicted octanol–water partition coefficient (Wildman–Crippen LogP) is 1.13. The molecule has 0 radical (unpaired) electrons. The number of carbonyl (C=O) groups is 2. The van der Waals surface area contributed by atoms with Crippen LogP contribution in [0.5, 0.6) is 0 Å². The number of hydrogen-bond acceptors (Lipinski definition) is 5. The monoisotopic (exact) mass is 419 g/mol. The van der Waals surface area contributed by atoms with Gasteiger partial charge in [0.25, 0.3) is 0 Å². The van der Waals surface area contributed by atoms with Gasteiger partial charge < -0.3 is 15.1 Å². The van der Waals surface area contributed by atoms with Crippen molar-refractivity contribution in [2.24, 2.45) is 0 Å². The van der Waals surface area contributed by atoms with Gasteiger partial charge in [0.1, 0.15) is 11.3 Å². The molecule has 2 saturated carbocycles. The van der Waals surface area contributed by atoms with E-state index in [1.807, 2.05) is 31.2 Å². The van der Waals surface area contributed by atoms with Crippen molar-refractivity contribution in [2.75, 3.05) is 13.1 Å². The van der Waals surface area contributed by atoms with E-state index in [4.69, 9.17) is 4.42 Å². The summed E-state index contributed by atoms with van der Waals surface area (Å²) in [5.41, 5.74) is 1.26. The number of fused-ring (bicyclic) bond motifs is 1. The molecule has 0 spiro atoms. The third kappa shape index (κ3) is 4.62. The summed E-state index contributed by atoms with van der Waals surface area (Å²) in [4.78, 5) is 24.5. The Balaban J connectivity index is 1.26. The summed E-state index contributed by atoms with van der Waals surface area (Å²) in [5.74, 6) is 0.0780. The van der Waals surface area contributed by atoms with Crippen LogP contribution in [0, 0.1) is 6.92 Å². The molecular weight excluding hydrogens is 394 g/mol. The lowest BCUT2D eigenvalue weighted by molar-refractivity contribution is -0.123. The van der Waals surface area contributed by atoms with Crippen molar-refractivity contribution in [3.8, 4) is 0 Å². The number of hydrogen-bond donors (Lipinski definition) is 3. The molecule has 4 rings (SSSR count). The molecule has 0 saturated heterocycles. The minimum absolute atomic E-state index is 0.136. The van der Waals surface area contributed by atoms with Crippen LogP contribution < -0.4 is 15.4 Å². The van der Waals surface area contributed by atoms with Crippen LogP contribution in [0.1, 0.15) is 37.0 Å². The second kappa shape index (κ2) is 7.46. The van der Waals surface area contributed by atoms with E-state index in [0.29, 0.717) is 18.6 Å². The van der Waals surface area contributed by atoms with E-state index in [0.717, 1.165) is 29.4 Å². The first-order chi connectivity index (χ1) is 13.8. The number of amides is 2. The largest absolute Gasteiger partial charge is 0.460 e. The van der Waals surface area contributed by atoms with E-state index < -0.39 is 21.5 Å². The number of rotatable bonds is 9. The van der Waals surface area contributed by atoms with Gasteiger partial charge in [-0.15, -0.1) is 0 Å². The number of carbonyl (C=O) groups excluding carboxylic acids is 2. The van der Waals surface area contributed by atoms with Crippen LogP contribution in [0.25, 0.3) is 11.0 Å². The molecule has 1 heterocycles. The number of nitrogens with one attached hydrogen (secondary N) is 3. The summed E-state index contributed by atoms with van der Waals surface area (Å²) in [5, 5.41) is 6.35. The fourth-order valence-electron chi connectivity index (χ4n) is 3.37. The van der Waals surface area contributed by atoms with Crippen molar-refractivity contribution in [3.63, 3.8) is 0 Å². The first kappa shape index (κ1) is 19.9. The zero-order chi connectivity index (χ0) is 20.6. The molecule has 2 aliphatic rings. The highest BCUT2D eigenvalue weighted by Crippen LogP contribution is 2.35. The van der Waals surface area contributed by atoms with E-state index >= 15 is 0 Å². The molecule has 0 unspecified atom stereocenters. The smallest absolute Gasteiger partial charge is 0.235 e. The number of furan rings is 1. The average molecular weight is 420 g/mol. The Bertz CT molecular complexity index is 1050. The molecule has 0 bridgehead atoms. The van der Waals surface area contributed by atoms with E-state index in [1.54, 1.807) is 0 Å². The van der Waals surface area contributed by atoms with Crippen molar-refractivity contribution in [2.45, 2.75) is 49.8 Å². The van der Waals surface area contributed by atoms with Crippen LogP contribution in [-0.2, 0) is 26.0 Å². The molecule has 1 aromatic heterocycles. The Morgan fingerprint density at radius 3 is 2.55 bits per heavy atom. The fraction of sp³-hybridized carbons (Fsp3) is 0.500. The minimum atomic E-state index is -3.38. The van der Waals surface area contributed by atoms with E-state index in [2.05, 4.69) is 15.4 Å². The molecule has 8 nitrogen and oxygen atoms in total. The summed E-state index contributed by atoms with van der Waals surface area (Å²) < 4.78 is 31.7. The number of sulfonamides is 1. The van der Waals surface area contributed by atoms with Crippen LogP contribution in [0.2, 0.25) is 0 Å².